The summed E-state index contributed by atoms with van der Waals surface area (Å²) in [6.45, 7) is 0. The zero-order valence-electron chi connectivity index (χ0n) is 9.05. The van der Waals surface area contributed by atoms with E-state index in [1.807, 2.05) is 6.07 Å². The third-order valence-corrected chi connectivity index (χ3v) is 2.44. The topological polar surface area (TPSA) is 12.9 Å². The van der Waals surface area contributed by atoms with E-state index in [1.165, 1.54) is 0 Å². The standard InChI is InChI=1S/C14H11F2N/c15-9-8-13(16)11-5-1-2-6-12(11)14-7-3-4-10-17-14/h1-10,13H. The highest BCUT2D eigenvalue weighted by Crippen LogP contribution is 2.29. The third kappa shape index (κ3) is 2.56. The van der Waals surface area contributed by atoms with Crippen molar-refractivity contribution in [2.45, 2.75) is 6.17 Å². The molecule has 1 heterocycles. The zero-order valence-corrected chi connectivity index (χ0v) is 9.05. The van der Waals surface area contributed by atoms with Crippen LogP contribution >= 0.6 is 0 Å². The molecule has 1 aromatic carbocycles. The fourth-order valence-corrected chi connectivity index (χ4v) is 1.66. The Balaban J connectivity index is 2.48. The van der Waals surface area contributed by atoms with E-state index < -0.39 is 6.17 Å². The highest BCUT2D eigenvalue weighted by Gasteiger charge is 2.12. The van der Waals surface area contributed by atoms with Crippen LogP contribution in [0, 0.1) is 0 Å². The monoisotopic (exact) mass is 231 g/mol. The molecule has 1 nitrogen and oxygen atoms in total. The molecule has 17 heavy (non-hydrogen) atoms. The predicted octanol–water partition coefficient (Wildman–Crippen LogP) is 4.24. The Morgan fingerprint density at radius 2 is 1.82 bits per heavy atom. The van der Waals surface area contributed by atoms with Crippen LogP contribution in [0.1, 0.15) is 11.7 Å². The van der Waals surface area contributed by atoms with Gasteiger partial charge in [0, 0.05) is 11.8 Å². The molecule has 3 heteroatoms. The Kier molecular flexibility index (Phi) is 3.60. The maximum atomic E-state index is 13.7. The molecule has 0 saturated heterocycles. The van der Waals surface area contributed by atoms with E-state index in [9.17, 15) is 8.78 Å². The summed E-state index contributed by atoms with van der Waals surface area (Å²) in [4.78, 5) is 4.17. The van der Waals surface area contributed by atoms with E-state index in [4.69, 9.17) is 0 Å². The van der Waals surface area contributed by atoms with Gasteiger partial charge in [0.15, 0.2) is 0 Å². The van der Waals surface area contributed by atoms with Gasteiger partial charge in [0.1, 0.15) is 6.17 Å². The molecule has 1 atom stereocenters. The van der Waals surface area contributed by atoms with Gasteiger partial charge in [0.25, 0.3) is 0 Å². The van der Waals surface area contributed by atoms with E-state index in [1.54, 1.807) is 42.6 Å². The second-order valence-corrected chi connectivity index (χ2v) is 3.52. The van der Waals surface area contributed by atoms with Crippen LogP contribution < -0.4 is 0 Å². The van der Waals surface area contributed by atoms with Gasteiger partial charge in [-0.25, -0.2) is 8.78 Å². The number of rotatable bonds is 3. The largest absolute Gasteiger partial charge is 0.256 e. The van der Waals surface area contributed by atoms with Crippen LogP contribution in [0.4, 0.5) is 8.78 Å². The number of nitrogens with zero attached hydrogens (tertiary/aromatic N) is 1. The summed E-state index contributed by atoms with van der Waals surface area (Å²) in [5.74, 6) is 0. The minimum atomic E-state index is -1.46. The summed E-state index contributed by atoms with van der Waals surface area (Å²) in [5.41, 5.74) is 1.77. The fraction of sp³-hybridized carbons (Fsp3) is 0.0714. The Labute approximate surface area is 98.4 Å². The number of hydrogen-bond donors (Lipinski definition) is 0. The Morgan fingerprint density at radius 1 is 1.06 bits per heavy atom. The summed E-state index contributed by atoms with van der Waals surface area (Å²) < 4.78 is 25.8. The molecule has 0 fully saturated rings. The normalized spacial score (nSPS) is 12.8. The van der Waals surface area contributed by atoms with E-state index >= 15 is 0 Å². The highest BCUT2D eigenvalue weighted by molar-refractivity contribution is 5.64. The van der Waals surface area contributed by atoms with Gasteiger partial charge in [-0.1, -0.05) is 30.3 Å². The lowest BCUT2D eigenvalue weighted by atomic mass is 10.0. The lowest BCUT2D eigenvalue weighted by Crippen LogP contribution is -1.93. The molecule has 0 spiro atoms. The van der Waals surface area contributed by atoms with Gasteiger partial charge in [-0.2, -0.15) is 0 Å². The van der Waals surface area contributed by atoms with Crippen molar-refractivity contribution >= 4 is 0 Å². The van der Waals surface area contributed by atoms with E-state index in [-0.39, 0.29) is 6.33 Å². The summed E-state index contributed by atoms with van der Waals surface area (Å²) in [5, 5.41) is 0. The number of pyridine rings is 1. The average Bonchev–Trinajstić information content (AvgIpc) is 2.40. The second kappa shape index (κ2) is 5.34. The van der Waals surface area contributed by atoms with Crippen molar-refractivity contribution in [3.8, 4) is 11.3 Å². The highest BCUT2D eigenvalue weighted by atomic mass is 19.1. The first-order chi connectivity index (χ1) is 8.33. The van der Waals surface area contributed by atoms with E-state index in [0.29, 0.717) is 16.8 Å². The third-order valence-electron chi connectivity index (χ3n) is 2.44. The Hall–Kier alpha value is -2.03. The van der Waals surface area contributed by atoms with Gasteiger partial charge in [-0.05, 0) is 23.8 Å². The zero-order chi connectivity index (χ0) is 12.1. The minimum Gasteiger partial charge on any atom is -0.256 e. The van der Waals surface area contributed by atoms with Crippen molar-refractivity contribution in [2.75, 3.05) is 0 Å². The van der Waals surface area contributed by atoms with Gasteiger partial charge < -0.3 is 0 Å². The first kappa shape index (κ1) is 11.5. The van der Waals surface area contributed by atoms with Gasteiger partial charge >= 0.3 is 0 Å². The SMILES string of the molecule is FC=CC(F)c1ccccc1-c1ccccn1. The van der Waals surface area contributed by atoms with E-state index in [0.717, 1.165) is 6.08 Å². The lowest BCUT2D eigenvalue weighted by molar-refractivity contribution is 0.411. The summed E-state index contributed by atoms with van der Waals surface area (Å²) in [6.07, 6.45) is 1.28. The van der Waals surface area contributed by atoms with Gasteiger partial charge in [0.05, 0.1) is 12.0 Å². The fourth-order valence-electron chi connectivity index (χ4n) is 1.66. The molecule has 0 N–H and O–H groups in total. The molecule has 0 amide bonds. The molecule has 2 aromatic rings. The number of alkyl halides is 1. The molecule has 0 aliphatic rings. The van der Waals surface area contributed by atoms with Crippen LogP contribution in [0.5, 0.6) is 0 Å². The van der Waals surface area contributed by atoms with E-state index in [2.05, 4.69) is 4.98 Å². The van der Waals surface area contributed by atoms with Crippen LogP contribution in [-0.2, 0) is 0 Å². The predicted molar refractivity (Wildman–Crippen MR) is 63.8 cm³/mol. The molecule has 1 aromatic heterocycles. The van der Waals surface area contributed by atoms with Crippen LogP contribution in [0.15, 0.2) is 61.1 Å². The summed E-state index contributed by atoms with van der Waals surface area (Å²) >= 11 is 0. The quantitative estimate of drug-likeness (QED) is 0.769. The maximum absolute atomic E-state index is 13.7. The minimum absolute atomic E-state index is 0.222. The number of aromatic nitrogens is 1. The molecule has 0 radical (unpaired) electrons. The van der Waals surface area contributed by atoms with Crippen LogP contribution in [-0.4, -0.2) is 4.98 Å². The number of hydrogen-bond acceptors (Lipinski definition) is 1. The maximum Gasteiger partial charge on any atom is 0.146 e. The molecule has 0 saturated carbocycles. The summed E-state index contributed by atoms with van der Waals surface area (Å²) in [6, 6.07) is 12.4. The average molecular weight is 231 g/mol. The second-order valence-electron chi connectivity index (χ2n) is 3.52. The lowest BCUT2D eigenvalue weighted by Gasteiger charge is -2.09. The Morgan fingerprint density at radius 3 is 2.53 bits per heavy atom. The van der Waals surface area contributed by atoms with Gasteiger partial charge in [0.2, 0.25) is 0 Å². The van der Waals surface area contributed by atoms with Crippen LogP contribution in [0.3, 0.4) is 0 Å². The van der Waals surface area contributed by atoms with Crippen molar-refractivity contribution in [1.29, 1.82) is 0 Å². The van der Waals surface area contributed by atoms with Crippen molar-refractivity contribution in [1.82, 2.24) is 4.98 Å². The van der Waals surface area contributed by atoms with Gasteiger partial charge in [-0.3, -0.25) is 4.98 Å². The Bertz CT molecular complexity index is 509. The molecule has 1 unspecified atom stereocenters. The smallest absolute Gasteiger partial charge is 0.146 e. The first-order valence-corrected chi connectivity index (χ1v) is 5.24. The number of benzene rings is 1. The number of allylic oxidation sites excluding steroid dienone is 1. The molecule has 0 bridgehead atoms. The van der Waals surface area contributed by atoms with Crippen molar-refractivity contribution in [3.63, 3.8) is 0 Å². The van der Waals surface area contributed by atoms with Gasteiger partial charge in [-0.15, -0.1) is 0 Å². The molecule has 0 aliphatic carbocycles. The first-order valence-electron chi connectivity index (χ1n) is 5.24. The van der Waals surface area contributed by atoms with Crippen molar-refractivity contribution in [3.05, 3.63) is 66.6 Å². The molecule has 86 valence electrons. The number of halogens is 2. The van der Waals surface area contributed by atoms with Crippen molar-refractivity contribution in [2.24, 2.45) is 0 Å². The summed E-state index contributed by atoms with van der Waals surface area (Å²) in [7, 11) is 0. The molecule has 0 aliphatic heterocycles. The van der Waals surface area contributed by atoms with Crippen LogP contribution in [0.25, 0.3) is 11.3 Å². The van der Waals surface area contributed by atoms with Crippen LogP contribution in [0.2, 0.25) is 0 Å². The van der Waals surface area contributed by atoms with Crippen molar-refractivity contribution < 1.29 is 8.78 Å². The molecular weight excluding hydrogens is 220 g/mol. The molecule has 2 rings (SSSR count). The molecular formula is C14H11F2N.